The van der Waals surface area contributed by atoms with Crippen LogP contribution in [0.25, 0.3) is 22.0 Å². The summed E-state index contributed by atoms with van der Waals surface area (Å²) in [5, 5.41) is 13.9. The van der Waals surface area contributed by atoms with Crippen LogP contribution in [-0.4, -0.2) is 29.2 Å². The van der Waals surface area contributed by atoms with Crippen LogP contribution in [0.1, 0.15) is 29.0 Å². The van der Waals surface area contributed by atoms with E-state index in [0.717, 1.165) is 17.3 Å². The molecule has 0 saturated heterocycles. The van der Waals surface area contributed by atoms with E-state index in [1.807, 2.05) is 24.3 Å². The largest absolute Gasteiger partial charge is 0.449 e. The summed E-state index contributed by atoms with van der Waals surface area (Å²) in [6.07, 6.45) is 0.946. The number of H-pyrrole nitrogens is 1. The van der Waals surface area contributed by atoms with Crippen molar-refractivity contribution in [2.75, 3.05) is 13.2 Å². The SMILES string of the molecule is O=C(NCCC#Cc1ccc2[nH]cc([N+](=O)[O-])c(=O)c2c1)OCC1c2ccccc2-c2ccccc21. The van der Waals surface area contributed by atoms with Crippen molar-refractivity contribution in [3.8, 4) is 23.0 Å². The second-order valence-electron chi connectivity index (χ2n) is 8.32. The number of carbonyl (C=O) groups excluding carboxylic acids is 1. The molecule has 1 aliphatic carbocycles. The number of aromatic nitrogens is 1. The van der Waals surface area contributed by atoms with Crippen molar-refractivity contribution in [2.45, 2.75) is 12.3 Å². The molecule has 178 valence electrons. The minimum absolute atomic E-state index is 0.00480. The van der Waals surface area contributed by atoms with Gasteiger partial charge in [0.15, 0.2) is 0 Å². The van der Waals surface area contributed by atoms with Crippen LogP contribution in [0.3, 0.4) is 0 Å². The Morgan fingerprint density at radius 2 is 1.75 bits per heavy atom. The molecule has 0 saturated carbocycles. The Bertz CT molecular complexity index is 1570. The number of hydrogen-bond donors (Lipinski definition) is 2. The first-order valence-corrected chi connectivity index (χ1v) is 11.4. The number of hydrogen-bond acceptors (Lipinski definition) is 5. The summed E-state index contributed by atoms with van der Waals surface area (Å²) in [4.78, 5) is 37.6. The maximum Gasteiger partial charge on any atom is 0.407 e. The molecule has 0 fully saturated rings. The number of aromatic amines is 1. The van der Waals surface area contributed by atoms with Gasteiger partial charge in [-0.1, -0.05) is 60.4 Å². The zero-order valence-electron chi connectivity index (χ0n) is 19.1. The Morgan fingerprint density at radius 1 is 1.06 bits per heavy atom. The van der Waals surface area contributed by atoms with Crippen LogP contribution in [-0.2, 0) is 4.74 Å². The van der Waals surface area contributed by atoms with Gasteiger partial charge in [-0.3, -0.25) is 14.9 Å². The molecule has 1 aliphatic rings. The lowest BCUT2D eigenvalue weighted by atomic mass is 9.98. The zero-order valence-corrected chi connectivity index (χ0v) is 19.1. The molecule has 0 unspecified atom stereocenters. The van der Waals surface area contributed by atoms with Gasteiger partial charge in [-0.05, 0) is 40.5 Å². The second kappa shape index (κ2) is 9.76. The first-order chi connectivity index (χ1) is 17.5. The third-order valence-electron chi connectivity index (χ3n) is 6.15. The van der Waals surface area contributed by atoms with Gasteiger partial charge in [-0.15, -0.1) is 0 Å². The summed E-state index contributed by atoms with van der Waals surface area (Å²) >= 11 is 0. The van der Waals surface area contributed by atoms with Crippen molar-refractivity contribution in [3.05, 3.63) is 110 Å². The van der Waals surface area contributed by atoms with Crippen molar-refractivity contribution in [1.82, 2.24) is 10.3 Å². The first-order valence-electron chi connectivity index (χ1n) is 11.4. The number of fused-ring (bicyclic) bond motifs is 4. The third-order valence-corrected chi connectivity index (χ3v) is 6.15. The lowest BCUT2D eigenvalue weighted by molar-refractivity contribution is -0.386. The van der Waals surface area contributed by atoms with Gasteiger partial charge in [0.1, 0.15) is 6.61 Å². The summed E-state index contributed by atoms with van der Waals surface area (Å²) in [7, 11) is 0. The van der Waals surface area contributed by atoms with Crippen LogP contribution in [0.2, 0.25) is 0 Å². The molecule has 8 nitrogen and oxygen atoms in total. The Hall–Kier alpha value is -4.90. The molecular weight excluding hydrogens is 458 g/mol. The number of pyridine rings is 1. The van der Waals surface area contributed by atoms with E-state index in [1.54, 1.807) is 12.1 Å². The number of nitrogens with zero attached hydrogens (tertiary/aromatic N) is 1. The minimum Gasteiger partial charge on any atom is -0.449 e. The molecule has 3 aromatic carbocycles. The van der Waals surface area contributed by atoms with E-state index in [0.29, 0.717) is 24.0 Å². The quantitative estimate of drug-likeness (QED) is 0.186. The van der Waals surface area contributed by atoms with E-state index in [-0.39, 0.29) is 17.9 Å². The Morgan fingerprint density at radius 3 is 2.44 bits per heavy atom. The molecule has 0 radical (unpaired) electrons. The van der Waals surface area contributed by atoms with Crippen molar-refractivity contribution >= 4 is 22.7 Å². The molecule has 36 heavy (non-hydrogen) atoms. The van der Waals surface area contributed by atoms with Crippen LogP contribution in [0.15, 0.2) is 77.7 Å². The normalized spacial score (nSPS) is 11.8. The van der Waals surface area contributed by atoms with Crippen molar-refractivity contribution in [1.29, 1.82) is 0 Å². The summed E-state index contributed by atoms with van der Waals surface area (Å²) in [5.41, 5.74) is 4.51. The fourth-order valence-corrected chi connectivity index (χ4v) is 4.46. The van der Waals surface area contributed by atoms with Crippen LogP contribution < -0.4 is 10.7 Å². The second-order valence-corrected chi connectivity index (χ2v) is 8.32. The smallest absolute Gasteiger partial charge is 0.407 e. The lowest BCUT2D eigenvalue weighted by Crippen LogP contribution is -2.26. The predicted molar refractivity (Wildman–Crippen MR) is 136 cm³/mol. The molecule has 5 rings (SSSR count). The van der Waals surface area contributed by atoms with Crippen molar-refractivity contribution < 1.29 is 14.5 Å². The van der Waals surface area contributed by atoms with Gasteiger partial charge >= 0.3 is 11.8 Å². The zero-order chi connectivity index (χ0) is 25.1. The van der Waals surface area contributed by atoms with E-state index in [9.17, 15) is 19.7 Å². The van der Waals surface area contributed by atoms with Crippen molar-refractivity contribution in [3.63, 3.8) is 0 Å². The van der Waals surface area contributed by atoms with Gasteiger partial charge in [0, 0.05) is 30.0 Å². The van der Waals surface area contributed by atoms with E-state index < -0.39 is 22.1 Å². The maximum atomic E-state index is 12.3. The molecule has 0 spiro atoms. The predicted octanol–water partition coefficient (Wildman–Crippen LogP) is 4.72. The molecule has 1 aromatic heterocycles. The number of rotatable bonds is 5. The summed E-state index contributed by atoms with van der Waals surface area (Å²) in [6, 6.07) is 21.2. The average Bonchev–Trinajstić information content (AvgIpc) is 3.21. The Kier molecular flexibility index (Phi) is 6.20. The molecule has 4 aromatic rings. The van der Waals surface area contributed by atoms with E-state index in [1.165, 1.54) is 17.2 Å². The fraction of sp³-hybridized carbons (Fsp3) is 0.143. The summed E-state index contributed by atoms with van der Waals surface area (Å²) in [6.45, 7) is 0.534. The summed E-state index contributed by atoms with van der Waals surface area (Å²) < 4.78 is 5.50. The molecular formula is C28H21N3O5. The highest BCUT2D eigenvalue weighted by Gasteiger charge is 2.28. The molecule has 0 atom stereocenters. The Labute approximate surface area is 206 Å². The maximum absolute atomic E-state index is 12.3. The lowest BCUT2D eigenvalue weighted by Gasteiger charge is -2.14. The number of nitro groups is 1. The Balaban J connectivity index is 1.16. The number of alkyl carbamates (subject to hydrolysis) is 1. The highest BCUT2D eigenvalue weighted by molar-refractivity contribution is 5.82. The number of benzene rings is 3. The number of amides is 1. The monoisotopic (exact) mass is 479 g/mol. The molecule has 8 heteroatoms. The van der Waals surface area contributed by atoms with Gasteiger partial charge in [-0.25, -0.2) is 4.79 Å². The molecule has 2 N–H and O–H groups in total. The van der Waals surface area contributed by atoms with Gasteiger partial charge in [-0.2, -0.15) is 0 Å². The average molecular weight is 479 g/mol. The number of nitrogens with one attached hydrogen (secondary N) is 2. The van der Waals surface area contributed by atoms with Crippen LogP contribution in [0.5, 0.6) is 0 Å². The van der Waals surface area contributed by atoms with Crippen LogP contribution >= 0.6 is 0 Å². The standard InChI is InChI=1S/C28H21N3O5/c32-27-23-15-18(12-13-25(23)30-16-26(27)31(34)35)7-5-6-14-29-28(33)36-17-24-21-10-3-1-8-19(21)20-9-2-4-11-22(20)24/h1-4,8-13,15-16,24H,6,14,17H2,(H,29,33)(H,30,32). The molecule has 0 aliphatic heterocycles. The molecule has 1 heterocycles. The fourth-order valence-electron chi connectivity index (χ4n) is 4.46. The van der Waals surface area contributed by atoms with Gasteiger partial charge < -0.3 is 15.0 Å². The highest BCUT2D eigenvalue weighted by Crippen LogP contribution is 2.44. The van der Waals surface area contributed by atoms with Gasteiger partial charge in [0.25, 0.3) is 5.43 Å². The first kappa shape index (κ1) is 22.9. The van der Waals surface area contributed by atoms with E-state index in [4.69, 9.17) is 4.74 Å². The third kappa shape index (κ3) is 4.42. The summed E-state index contributed by atoms with van der Waals surface area (Å²) in [5.74, 6) is 5.85. The molecule has 0 bridgehead atoms. The van der Waals surface area contributed by atoms with E-state index in [2.05, 4.69) is 46.4 Å². The van der Waals surface area contributed by atoms with Gasteiger partial charge in [0.05, 0.1) is 16.5 Å². The van der Waals surface area contributed by atoms with Gasteiger partial charge in [0.2, 0.25) is 0 Å². The highest BCUT2D eigenvalue weighted by atomic mass is 16.6. The topological polar surface area (TPSA) is 114 Å². The van der Waals surface area contributed by atoms with Crippen LogP contribution in [0.4, 0.5) is 10.5 Å². The minimum atomic E-state index is -0.717. The number of ether oxygens (including phenoxy) is 1. The van der Waals surface area contributed by atoms with Crippen LogP contribution in [0, 0.1) is 22.0 Å². The molecule has 1 amide bonds. The van der Waals surface area contributed by atoms with E-state index >= 15 is 0 Å². The van der Waals surface area contributed by atoms with Crippen molar-refractivity contribution in [2.24, 2.45) is 0 Å². The number of carbonyl (C=O) groups is 1.